The van der Waals surface area contributed by atoms with E-state index in [9.17, 15) is 18.5 Å². The van der Waals surface area contributed by atoms with Gasteiger partial charge in [0.15, 0.2) is 0 Å². The third kappa shape index (κ3) is 3.95. The van der Waals surface area contributed by atoms with Gasteiger partial charge in [-0.2, -0.15) is 4.31 Å². The molecule has 150 valence electrons. The van der Waals surface area contributed by atoms with Crippen molar-refractivity contribution >= 4 is 21.4 Å². The topological polar surface area (TPSA) is 87.0 Å². The molecule has 2 saturated heterocycles. The van der Waals surface area contributed by atoms with E-state index in [4.69, 9.17) is 0 Å². The fraction of sp³-hybridized carbons (Fsp3) is 0.667. The predicted octanol–water partition coefficient (Wildman–Crippen LogP) is 2.16. The van der Waals surface area contributed by atoms with Crippen molar-refractivity contribution in [2.75, 3.05) is 45.2 Å². The molecule has 1 aromatic carbocycles. The summed E-state index contributed by atoms with van der Waals surface area (Å²) in [6.07, 6.45) is 2.57. The Morgan fingerprint density at radius 3 is 2.48 bits per heavy atom. The van der Waals surface area contributed by atoms with Crippen LogP contribution in [-0.2, 0) is 10.0 Å². The van der Waals surface area contributed by atoms with Gasteiger partial charge in [0.05, 0.1) is 10.6 Å². The standard InChI is InChI=1S/C18H28N4O4S/c1-14-13-19(2)11-8-16(14)20(3)17-7-6-15(22(23)24)12-18(17)27(25,26)21-9-4-5-10-21/h6-7,12,14,16H,4-5,8-11,13H2,1-3H3/t14-,16+/m0/s1. The molecule has 2 aliphatic rings. The molecule has 0 bridgehead atoms. The number of hydrogen-bond donors (Lipinski definition) is 0. The van der Waals surface area contributed by atoms with Crippen LogP contribution in [0.5, 0.6) is 0 Å². The van der Waals surface area contributed by atoms with Crippen molar-refractivity contribution in [1.82, 2.24) is 9.21 Å². The van der Waals surface area contributed by atoms with Gasteiger partial charge < -0.3 is 9.80 Å². The summed E-state index contributed by atoms with van der Waals surface area (Å²) in [5, 5.41) is 11.3. The Bertz CT molecular complexity index is 808. The molecule has 2 fully saturated rings. The number of benzene rings is 1. The quantitative estimate of drug-likeness (QED) is 0.560. The second-order valence-corrected chi connectivity index (χ2v) is 9.63. The fourth-order valence-corrected chi connectivity index (χ4v) is 6.04. The Morgan fingerprint density at radius 2 is 1.89 bits per heavy atom. The summed E-state index contributed by atoms with van der Waals surface area (Å²) in [6.45, 7) is 4.99. The number of likely N-dealkylation sites (tertiary alicyclic amines) is 1. The van der Waals surface area contributed by atoms with E-state index in [-0.39, 0.29) is 16.6 Å². The molecule has 2 heterocycles. The number of hydrogen-bond acceptors (Lipinski definition) is 6. The highest BCUT2D eigenvalue weighted by molar-refractivity contribution is 7.89. The normalized spacial score (nSPS) is 24.9. The van der Waals surface area contributed by atoms with Gasteiger partial charge in [0.1, 0.15) is 4.90 Å². The number of rotatable bonds is 5. The van der Waals surface area contributed by atoms with Gasteiger partial charge in [0, 0.05) is 44.9 Å². The number of sulfonamides is 1. The maximum absolute atomic E-state index is 13.2. The lowest BCUT2D eigenvalue weighted by atomic mass is 9.92. The van der Waals surface area contributed by atoms with Gasteiger partial charge in [-0.3, -0.25) is 10.1 Å². The zero-order valence-corrected chi connectivity index (χ0v) is 17.0. The van der Waals surface area contributed by atoms with E-state index in [1.54, 1.807) is 6.07 Å². The van der Waals surface area contributed by atoms with Gasteiger partial charge >= 0.3 is 0 Å². The number of nitro benzene ring substituents is 1. The van der Waals surface area contributed by atoms with Crippen molar-refractivity contribution in [3.8, 4) is 0 Å². The van der Waals surface area contributed by atoms with Crippen molar-refractivity contribution in [2.45, 2.75) is 37.1 Å². The lowest BCUT2D eigenvalue weighted by molar-refractivity contribution is -0.385. The molecule has 0 spiro atoms. The van der Waals surface area contributed by atoms with Crippen LogP contribution >= 0.6 is 0 Å². The van der Waals surface area contributed by atoms with Crippen molar-refractivity contribution in [1.29, 1.82) is 0 Å². The van der Waals surface area contributed by atoms with Crippen LogP contribution in [-0.4, -0.2) is 68.9 Å². The Labute approximate surface area is 160 Å². The highest BCUT2D eigenvalue weighted by Gasteiger charge is 2.35. The smallest absolute Gasteiger partial charge is 0.270 e. The molecule has 0 saturated carbocycles. The van der Waals surface area contributed by atoms with Crippen LogP contribution in [0.1, 0.15) is 26.2 Å². The molecule has 2 aliphatic heterocycles. The Balaban J connectivity index is 2.03. The first-order chi connectivity index (χ1) is 12.7. The predicted molar refractivity (Wildman–Crippen MR) is 105 cm³/mol. The molecule has 0 aromatic heterocycles. The first-order valence-electron chi connectivity index (χ1n) is 9.42. The lowest BCUT2D eigenvalue weighted by Gasteiger charge is -2.41. The van der Waals surface area contributed by atoms with Crippen LogP contribution in [0, 0.1) is 16.0 Å². The second kappa shape index (κ2) is 7.73. The SMILES string of the molecule is C[C@H]1CN(C)CC[C@H]1N(C)c1ccc([N+](=O)[O-])cc1S(=O)(=O)N1CCCC1. The molecule has 1 aromatic rings. The Morgan fingerprint density at radius 1 is 1.22 bits per heavy atom. The monoisotopic (exact) mass is 396 g/mol. The molecular weight excluding hydrogens is 368 g/mol. The van der Waals surface area contributed by atoms with Gasteiger partial charge in [-0.1, -0.05) is 6.92 Å². The van der Waals surface area contributed by atoms with Crippen LogP contribution < -0.4 is 4.90 Å². The minimum atomic E-state index is -3.76. The summed E-state index contributed by atoms with van der Waals surface area (Å²) >= 11 is 0. The molecule has 9 heteroatoms. The molecular formula is C18H28N4O4S. The molecule has 0 amide bonds. The van der Waals surface area contributed by atoms with Crippen LogP contribution in [0.3, 0.4) is 0 Å². The number of nitrogens with zero attached hydrogens (tertiary/aromatic N) is 4. The maximum atomic E-state index is 13.2. The van der Waals surface area contributed by atoms with E-state index < -0.39 is 14.9 Å². The Hall–Kier alpha value is -1.71. The summed E-state index contributed by atoms with van der Waals surface area (Å²) in [5.41, 5.74) is 0.357. The fourth-order valence-electron chi connectivity index (χ4n) is 4.28. The zero-order chi connectivity index (χ0) is 19.8. The van der Waals surface area contributed by atoms with Crippen LogP contribution in [0.15, 0.2) is 23.1 Å². The molecule has 3 rings (SSSR count). The largest absolute Gasteiger partial charge is 0.370 e. The van der Waals surface area contributed by atoms with E-state index in [0.29, 0.717) is 24.7 Å². The molecule has 2 atom stereocenters. The zero-order valence-electron chi connectivity index (χ0n) is 16.2. The van der Waals surface area contributed by atoms with Gasteiger partial charge in [0.2, 0.25) is 10.0 Å². The van der Waals surface area contributed by atoms with E-state index in [2.05, 4.69) is 18.9 Å². The molecule has 0 unspecified atom stereocenters. The number of piperidine rings is 1. The van der Waals surface area contributed by atoms with E-state index in [1.165, 1.54) is 16.4 Å². The highest BCUT2D eigenvalue weighted by Crippen LogP contribution is 2.35. The van der Waals surface area contributed by atoms with Crippen molar-refractivity contribution in [3.63, 3.8) is 0 Å². The summed E-state index contributed by atoms with van der Waals surface area (Å²) in [5.74, 6) is 0.367. The van der Waals surface area contributed by atoms with Crippen LogP contribution in [0.25, 0.3) is 0 Å². The second-order valence-electron chi connectivity index (χ2n) is 7.73. The molecule has 0 aliphatic carbocycles. The first kappa shape index (κ1) is 20.0. The third-order valence-corrected chi connectivity index (χ3v) is 7.71. The molecule has 0 N–H and O–H groups in total. The molecule has 8 nitrogen and oxygen atoms in total. The van der Waals surface area contributed by atoms with Gasteiger partial charge in [-0.15, -0.1) is 0 Å². The van der Waals surface area contributed by atoms with Crippen molar-refractivity contribution < 1.29 is 13.3 Å². The number of non-ortho nitro benzene ring substituents is 1. The first-order valence-corrected chi connectivity index (χ1v) is 10.9. The molecule has 27 heavy (non-hydrogen) atoms. The number of nitro groups is 1. The average Bonchev–Trinajstić information content (AvgIpc) is 3.16. The van der Waals surface area contributed by atoms with E-state index in [0.717, 1.165) is 32.4 Å². The molecule has 0 radical (unpaired) electrons. The van der Waals surface area contributed by atoms with Gasteiger partial charge in [-0.05, 0) is 44.8 Å². The van der Waals surface area contributed by atoms with Gasteiger partial charge in [0.25, 0.3) is 5.69 Å². The van der Waals surface area contributed by atoms with Crippen molar-refractivity contribution in [2.24, 2.45) is 5.92 Å². The van der Waals surface area contributed by atoms with E-state index in [1.807, 2.05) is 11.9 Å². The lowest BCUT2D eigenvalue weighted by Crippen LogP contribution is -2.48. The summed E-state index contributed by atoms with van der Waals surface area (Å²) in [6, 6.07) is 4.40. The third-order valence-electron chi connectivity index (χ3n) is 5.78. The summed E-state index contributed by atoms with van der Waals surface area (Å²) in [7, 11) is 0.224. The van der Waals surface area contributed by atoms with Crippen LogP contribution in [0.4, 0.5) is 11.4 Å². The van der Waals surface area contributed by atoms with E-state index >= 15 is 0 Å². The summed E-state index contributed by atoms with van der Waals surface area (Å²) in [4.78, 5) is 15.0. The van der Waals surface area contributed by atoms with Crippen LogP contribution in [0.2, 0.25) is 0 Å². The van der Waals surface area contributed by atoms with Crippen molar-refractivity contribution in [3.05, 3.63) is 28.3 Å². The highest BCUT2D eigenvalue weighted by atomic mass is 32.2. The number of anilines is 1. The van der Waals surface area contributed by atoms with Gasteiger partial charge in [-0.25, -0.2) is 8.42 Å². The summed E-state index contributed by atoms with van der Waals surface area (Å²) < 4.78 is 27.9. The Kier molecular flexibility index (Phi) is 5.73. The maximum Gasteiger partial charge on any atom is 0.270 e. The average molecular weight is 397 g/mol. The minimum Gasteiger partial charge on any atom is -0.370 e. The minimum absolute atomic E-state index is 0.0484.